The molecule has 0 aliphatic carbocycles. The molecule has 0 saturated carbocycles. The third-order valence-corrected chi connectivity index (χ3v) is 6.41. The zero-order valence-electron chi connectivity index (χ0n) is 18.8. The lowest BCUT2D eigenvalue weighted by atomic mass is 10.2. The van der Waals surface area contributed by atoms with Crippen LogP contribution in [0.3, 0.4) is 0 Å². The number of nitrogens with zero attached hydrogens (tertiary/aromatic N) is 3. The standard InChI is InChI=1S/C26H23FN4O3S/c27-21-11-5-4-10-20(21)25-29-30-26(31(25)15-18-8-2-1-3-9-18)35-17-24(32)28-14-19-16-33-22-12-6-7-13-23(22)34-19/h1-13,19H,14-17H2,(H,28,32)/t19-/m1/s1. The van der Waals surface area contributed by atoms with E-state index < -0.39 is 0 Å². The summed E-state index contributed by atoms with van der Waals surface area (Å²) >= 11 is 1.25. The highest BCUT2D eigenvalue weighted by molar-refractivity contribution is 7.99. The van der Waals surface area contributed by atoms with Crippen molar-refractivity contribution in [2.45, 2.75) is 17.8 Å². The predicted octanol–water partition coefficient (Wildman–Crippen LogP) is 4.18. The van der Waals surface area contributed by atoms with Crippen LogP contribution in [0, 0.1) is 5.82 Å². The topological polar surface area (TPSA) is 78.3 Å². The number of halogens is 1. The van der Waals surface area contributed by atoms with Crippen LogP contribution in [0.25, 0.3) is 11.4 Å². The first-order valence-electron chi connectivity index (χ1n) is 11.2. The Kier molecular flexibility index (Phi) is 6.94. The number of rotatable bonds is 8. The van der Waals surface area contributed by atoms with Crippen molar-refractivity contribution in [3.05, 3.63) is 90.2 Å². The maximum atomic E-state index is 14.5. The van der Waals surface area contributed by atoms with E-state index in [9.17, 15) is 9.18 Å². The van der Waals surface area contributed by atoms with Crippen molar-refractivity contribution in [2.75, 3.05) is 18.9 Å². The van der Waals surface area contributed by atoms with Crippen molar-refractivity contribution in [3.63, 3.8) is 0 Å². The molecule has 0 bridgehead atoms. The summed E-state index contributed by atoms with van der Waals surface area (Å²) in [6.07, 6.45) is -0.270. The summed E-state index contributed by atoms with van der Waals surface area (Å²) in [5.41, 5.74) is 1.38. The van der Waals surface area contributed by atoms with Gasteiger partial charge in [0.05, 0.1) is 24.4 Å². The van der Waals surface area contributed by atoms with Crippen LogP contribution in [0.4, 0.5) is 4.39 Å². The van der Waals surface area contributed by atoms with Crippen molar-refractivity contribution in [1.82, 2.24) is 20.1 Å². The molecule has 3 aromatic carbocycles. The summed E-state index contributed by atoms with van der Waals surface area (Å²) in [7, 11) is 0. The quantitative estimate of drug-likeness (QED) is 0.374. The van der Waals surface area contributed by atoms with Crippen LogP contribution in [0.5, 0.6) is 11.5 Å². The third-order valence-electron chi connectivity index (χ3n) is 5.44. The Morgan fingerprint density at radius 3 is 2.57 bits per heavy atom. The van der Waals surface area contributed by atoms with Gasteiger partial charge >= 0.3 is 0 Å². The van der Waals surface area contributed by atoms with Crippen LogP contribution >= 0.6 is 11.8 Å². The van der Waals surface area contributed by atoms with Crippen molar-refractivity contribution < 1.29 is 18.7 Å². The van der Waals surface area contributed by atoms with Gasteiger partial charge in [0.25, 0.3) is 0 Å². The molecule has 1 aliphatic rings. The maximum Gasteiger partial charge on any atom is 0.230 e. The van der Waals surface area contributed by atoms with Gasteiger partial charge in [-0.15, -0.1) is 10.2 Å². The van der Waals surface area contributed by atoms with Gasteiger partial charge in [0.2, 0.25) is 5.91 Å². The van der Waals surface area contributed by atoms with Gasteiger partial charge in [-0.25, -0.2) is 4.39 Å². The molecule has 35 heavy (non-hydrogen) atoms. The number of benzene rings is 3. The summed E-state index contributed by atoms with van der Waals surface area (Å²) < 4.78 is 27.9. The Balaban J connectivity index is 1.25. The van der Waals surface area contributed by atoms with Gasteiger partial charge in [-0.1, -0.05) is 66.4 Å². The molecule has 0 unspecified atom stereocenters. The number of para-hydroxylation sites is 2. The molecule has 178 valence electrons. The van der Waals surface area contributed by atoms with E-state index in [1.165, 1.54) is 17.8 Å². The average Bonchev–Trinajstić information content (AvgIpc) is 3.29. The number of carbonyl (C=O) groups is 1. The molecule has 1 aromatic heterocycles. The van der Waals surface area contributed by atoms with Crippen LogP contribution < -0.4 is 14.8 Å². The second kappa shape index (κ2) is 10.6. The number of amides is 1. The number of hydrogen-bond donors (Lipinski definition) is 1. The summed E-state index contributed by atoms with van der Waals surface area (Å²) in [6, 6.07) is 23.7. The molecule has 4 aromatic rings. The highest BCUT2D eigenvalue weighted by Gasteiger charge is 2.22. The van der Waals surface area contributed by atoms with E-state index in [4.69, 9.17) is 9.47 Å². The fourth-order valence-electron chi connectivity index (χ4n) is 3.72. The molecule has 0 spiro atoms. The number of thioether (sulfide) groups is 1. The molecule has 5 rings (SSSR count). The van der Waals surface area contributed by atoms with Crippen LogP contribution in [-0.4, -0.2) is 45.7 Å². The van der Waals surface area contributed by atoms with Crippen molar-refractivity contribution in [1.29, 1.82) is 0 Å². The van der Waals surface area contributed by atoms with E-state index in [0.717, 1.165) is 5.56 Å². The van der Waals surface area contributed by atoms with Crippen molar-refractivity contribution in [3.8, 4) is 22.9 Å². The van der Waals surface area contributed by atoms with E-state index in [0.29, 0.717) is 47.7 Å². The molecule has 0 radical (unpaired) electrons. The van der Waals surface area contributed by atoms with Crippen molar-refractivity contribution >= 4 is 17.7 Å². The lowest BCUT2D eigenvalue weighted by Gasteiger charge is -2.26. The molecular formula is C26H23FN4O3S. The minimum absolute atomic E-state index is 0.133. The zero-order valence-corrected chi connectivity index (χ0v) is 19.6. The highest BCUT2D eigenvalue weighted by atomic mass is 32.2. The predicted molar refractivity (Wildman–Crippen MR) is 131 cm³/mol. The van der Waals surface area contributed by atoms with E-state index in [1.807, 2.05) is 59.2 Å². The first-order chi connectivity index (χ1) is 17.2. The molecule has 1 aliphatic heterocycles. The fraction of sp³-hybridized carbons (Fsp3) is 0.192. The molecule has 0 fully saturated rings. The lowest BCUT2D eigenvalue weighted by molar-refractivity contribution is -0.119. The zero-order chi connectivity index (χ0) is 24.0. The van der Waals surface area contributed by atoms with Crippen LogP contribution in [0.2, 0.25) is 0 Å². The monoisotopic (exact) mass is 490 g/mol. The van der Waals surface area contributed by atoms with E-state index in [-0.39, 0.29) is 23.6 Å². The fourth-order valence-corrected chi connectivity index (χ4v) is 4.49. The molecule has 0 saturated heterocycles. The number of aromatic nitrogens is 3. The molecule has 1 amide bonds. The first-order valence-corrected chi connectivity index (χ1v) is 12.2. The Labute approximate surface area is 206 Å². The number of nitrogens with one attached hydrogen (secondary N) is 1. The van der Waals surface area contributed by atoms with Gasteiger partial charge in [0, 0.05) is 0 Å². The largest absolute Gasteiger partial charge is 0.486 e. The Hall–Kier alpha value is -3.85. The minimum Gasteiger partial charge on any atom is -0.486 e. The van der Waals surface area contributed by atoms with Crippen LogP contribution in [-0.2, 0) is 11.3 Å². The number of carbonyl (C=O) groups excluding carboxylic acids is 1. The summed E-state index contributed by atoms with van der Waals surface area (Å²) in [4.78, 5) is 12.6. The molecule has 2 heterocycles. The van der Waals surface area contributed by atoms with E-state index in [2.05, 4.69) is 15.5 Å². The van der Waals surface area contributed by atoms with Gasteiger partial charge in [0.1, 0.15) is 18.5 Å². The minimum atomic E-state index is -0.375. The summed E-state index contributed by atoms with van der Waals surface area (Å²) in [6.45, 7) is 1.14. The Morgan fingerprint density at radius 1 is 1.00 bits per heavy atom. The lowest BCUT2D eigenvalue weighted by Crippen LogP contribution is -2.41. The Bertz CT molecular complexity index is 1310. The highest BCUT2D eigenvalue weighted by Crippen LogP contribution is 2.31. The first kappa shape index (κ1) is 22.9. The normalized spacial score (nSPS) is 14.5. The smallest absolute Gasteiger partial charge is 0.230 e. The van der Waals surface area contributed by atoms with Crippen LogP contribution in [0.1, 0.15) is 5.56 Å². The third kappa shape index (κ3) is 5.46. The number of ether oxygens (including phenoxy) is 2. The van der Waals surface area contributed by atoms with Gasteiger partial charge in [0.15, 0.2) is 22.5 Å². The molecule has 1 N–H and O–H groups in total. The summed E-state index contributed by atoms with van der Waals surface area (Å²) in [5.74, 6) is 1.38. The van der Waals surface area contributed by atoms with E-state index >= 15 is 0 Å². The number of hydrogen-bond acceptors (Lipinski definition) is 6. The molecular weight excluding hydrogens is 467 g/mol. The Morgan fingerprint density at radius 2 is 1.74 bits per heavy atom. The SMILES string of the molecule is O=C(CSc1nnc(-c2ccccc2F)n1Cc1ccccc1)NC[C@@H]1COc2ccccc2O1. The second-order valence-electron chi connectivity index (χ2n) is 7.95. The molecule has 1 atom stereocenters. The van der Waals surface area contributed by atoms with Gasteiger partial charge in [-0.2, -0.15) is 0 Å². The average molecular weight is 491 g/mol. The maximum absolute atomic E-state index is 14.5. The summed E-state index contributed by atoms with van der Waals surface area (Å²) in [5, 5.41) is 11.9. The second-order valence-corrected chi connectivity index (χ2v) is 8.89. The molecule has 7 nitrogen and oxygen atoms in total. The molecule has 9 heteroatoms. The van der Waals surface area contributed by atoms with Gasteiger partial charge < -0.3 is 14.8 Å². The van der Waals surface area contributed by atoms with Crippen LogP contribution in [0.15, 0.2) is 84.0 Å². The van der Waals surface area contributed by atoms with E-state index in [1.54, 1.807) is 18.2 Å². The number of fused-ring (bicyclic) bond motifs is 1. The van der Waals surface area contributed by atoms with Gasteiger partial charge in [-0.3, -0.25) is 9.36 Å². The van der Waals surface area contributed by atoms with Crippen molar-refractivity contribution in [2.24, 2.45) is 0 Å². The van der Waals surface area contributed by atoms with Gasteiger partial charge in [-0.05, 0) is 29.8 Å².